The largest absolute Gasteiger partial charge is 0.349 e. The minimum atomic E-state index is -0.0128. The lowest BCUT2D eigenvalue weighted by Crippen LogP contribution is -2.25. The molecule has 1 aromatic carbocycles. The van der Waals surface area contributed by atoms with E-state index in [9.17, 15) is 9.59 Å². The van der Waals surface area contributed by atoms with Crippen LogP contribution in [0.25, 0.3) is 6.08 Å². The molecule has 1 N–H and O–H groups in total. The Morgan fingerprint density at radius 3 is 2.38 bits per heavy atom. The first-order valence-corrected chi connectivity index (χ1v) is 7.60. The molecule has 0 unspecified atom stereocenters. The minimum Gasteiger partial charge on any atom is -0.349 e. The van der Waals surface area contributed by atoms with Crippen LogP contribution in [0.15, 0.2) is 30.3 Å². The minimum absolute atomic E-state index is 0.0128. The van der Waals surface area contributed by atoms with Crippen LogP contribution in [0.2, 0.25) is 0 Å². The van der Waals surface area contributed by atoms with Crippen LogP contribution in [-0.2, 0) is 4.79 Å². The zero-order chi connectivity index (χ0) is 14.7. The van der Waals surface area contributed by atoms with Crippen molar-refractivity contribution >= 4 is 17.9 Å². The highest BCUT2D eigenvalue weighted by atomic mass is 16.2. The summed E-state index contributed by atoms with van der Waals surface area (Å²) in [6, 6.07) is 7.72. The van der Waals surface area contributed by atoms with Crippen molar-refractivity contribution in [2.75, 3.05) is 13.1 Å². The molecule has 21 heavy (non-hydrogen) atoms. The molecule has 3 rings (SSSR count). The quantitative estimate of drug-likeness (QED) is 0.862. The van der Waals surface area contributed by atoms with E-state index in [1.807, 2.05) is 23.1 Å². The van der Waals surface area contributed by atoms with Gasteiger partial charge in [-0.05, 0) is 49.5 Å². The first-order chi connectivity index (χ1) is 10.2. The summed E-state index contributed by atoms with van der Waals surface area (Å²) in [6.45, 7) is 1.73. The third kappa shape index (κ3) is 3.72. The second-order valence-corrected chi connectivity index (χ2v) is 5.74. The van der Waals surface area contributed by atoms with Gasteiger partial charge in [0.2, 0.25) is 5.91 Å². The number of benzene rings is 1. The Morgan fingerprint density at radius 1 is 1.10 bits per heavy atom. The molecule has 0 spiro atoms. The van der Waals surface area contributed by atoms with Gasteiger partial charge in [-0.3, -0.25) is 9.59 Å². The Morgan fingerprint density at radius 2 is 1.76 bits per heavy atom. The molecule has 1 aromatic rings. The summed E-state index contributed by atoms with van der Waals surface area (Å²) in [4.78, 5) is 25.6. The Hall–Kier alpha value is -2.10. The smallest absolute Gasteiger partial charge is 0.251 e. The lowest BCUT2D eigenvalue weighted by Gasteiger charge is -2.11. The van der Waals surface area contributed by atoms with Crippen LogP contribution in [0.3, 0.4) is 0 Å². The van der Waals surface area contributed by atoms with E-state index in [0.717, 1.165) is 44.3 Å². The van der Waals surface area contributed by atoms with Gasteiger partial charge in [0.1, 0.15) is 0 Å². The van der Waals surface area contributed by atoms with Crippen molar-refractivity contribution < 1.29 is 9.59 Å². The van der Waals surface area contributed by atoms with E-state index >= 15 is 0 Å². The highest BCUT2D eigenvalue weighted by molar-refractivity contribution is 5.95. The molecule has 2 fully saturated rings. The van der Waals surface area contributed by atoms with Crippen molar-refractivity contribution in [2.45, 2.75) is 31.7 Å². The van der Waals surface area contributed by atoms with E-state index in [0.29, 0.717) is 11.6 Å². The second-order valence-electron chi connectivity index (χ2n) is 5.74. The standard InChI is InChI=1S/C17H20N2O2/c20-16(19-11-1-2-12-19)10-5-13-3-6-14(7-4-13)17(21)18-15-8-9-15/h3-7,10,15H,1-2,8-9,11-12H2,(H,18,21)/b10-5+. The summed E-state index contributed by atoms with van der Waals surface area (Å²) in [5.41, 5.74) is 1.61. The Labute approximate surface area is 124 Å². The van der Waals surface area contributed by atoms with E-state index in [1.54, 1.807) is 18.2 Å². The van der Waals surface area contributed by atoms with E-state index in [2.05, 4.69) is 5.32 Å². The van der Waals surface area contributed by atoms with Crippen LogP contribution in [0, 0.1) is 0 Å². The molecule has 4 nitrogen and oxygen atoms in total. The van der Waals surface area contributed by atoms with Crippen molar-refractivity contribution in [1.82, 2.24) is 10.2 Å². The molecule has 4 heteroatoms. The van der Waals surface area contributed by atoms with Gasteiger partial charge in [0.15, 0.2) is 0 Å². The van der Waals surface area contributed by atoms with Crippen LogP contribution in [-0.4, -0.2) is 35.8 Å². The molecular weight excluding hydrogens is 264 g/mol. The number of carbonyl (C=O) groups is 2. The molecule has 1 saturated heterocycles. The number of hydrogen-bond acceptors (Lipinski definition) is 2. The highest BCUT2D eigenvalue weighted by Crippen LogP contribution is 2.19. The average molecular weight is 284 g/mol. The third-order valence-corrected chi connectivity index (χ3v) is 3.92. The number of carbonyl (C=O) groups excluding carboxylic acids is 2. The molecule has 2 amide bonds. The lowest BCUT2D eigenvalue weighted by molar-refractivity contribution is -0.124. The number of hydrogen-bond donors (Lipinski definition) is 1. The molecule has 0 atom stereocenters. The Bertz CT molecular complexity index is 553. The number of rotatable bonds is 4. The monoisotopic (exact) mass is 284 g/mol. The van der Waals surface area contributed by atoms with Crippen molar-refractivity contribution in [3.8, 4) is 0 Å². The maximum Gasteiger partial charge on any atom is 0.251 e. The van der Waals surface area contributed by atoms with E-state index in [-0.39, 0.29) is 11.8 Å². The van der Waals surface area contributed by atoms with Crippen molar-refractivity contribution in [3.63, 3.8) is 0 Å². The second kappa shape index (κ2) is 6.12. The number of amides is 2. The SMILES string of the molecule is O=C(NC1CC1)c1ccc(/C=C/C(=O)N2CCCC2)cc1. The summed E-state index contributed by atoms with van der Waals surface area (Å²) in [5.74, 6) is 0.0595. The molecule has 110 valence electrons. The molecule has 1 aliphatic heterocycles. The lowest BCUT2D eigenvalue weighted by atomic mass is 10.1. The number of nitrogens with one attached hydrogen (secondary N) is 1. The van der Waals surface area contributed by atoms with Gasteiger partial charge in [0, 0.05) is 30.8 Å². The predicted molar refractivity (Wildman–Crippen MR) is 81.8 cm³/mol. The third-order valence-electron chi connectivity index (χ3n) is 3.92. The maximum absolute atomic E-state index is 11.9. The van der Waals surface area contributed by atoms with Crippen LogP contribution in [0.1, 0.15) is 41.6 Å². The fraction of sp³-hybridized carbons (Fsp3) is 0.412. The topological polar surface area (TPSA) is 49.4 Å². The Kier molecular flexibility index (Phi) is 4.04. The first kappa shape index (κ1) is 13.9. The van der Waals surface area contributed by atoms with Gasteiger partial charge >= 0.3 is 0 Å². The van der Waals surface area contributed by atoms with E-state index in [1.165, 1.54) is 0 Å². The molecule has 1 aliphatic carbocycles. The van der Waals surface area contributed by atoms with Gasteiger partial charge in [-0.15, -0.1) is 0 Å². The van der Waals surface area contributed by atoms with Crippen LogP contribution < -0.4 is 5.32 Å². The van der Waals surface area contributed by atoms with Crippen molar-refractivity contribution in [3.05, 3.63) is 41.5 Å². The fourth-order valence-electron chi connectivity index (χ4n) is 2.45. The van der Waals surface area contributed by atoms with Gasteiger partial charge in [0.25, 0.3) is 5.91 Å². The normalized spacial score (nSPS) is 18.2. The first-order valence-electron chi connectivity index (χ1n) is 7.60. The summed E-state index contributed by atoms with van der Waals surface area (Å²) >= 11 is 0. The van der Waals surface area contributed by atoms with Gasteiger partial charge in [0.05, 0.1) is 0 Å². The molecular formula is C17H20N2O2. The zero-order valence-corrected chi connectivity index (χ0v) is 12.0. The highest BCUT2D eigenvalue weighted by Gasteiger charge is 2.23. The van der Waals surface area contributed by atoms with Gasteiger partial charge in [-0.2, -0.15) is 0 Å². The summed E-state index contributed by atoms with van der Waals surface area (Å²) in [5, 5.41) is 2.96. The predicted octanol–water partition coefficient (Wildman–Crippen LogP) is 2.21. The van der Waals surface area contributed by atoms with Crippen molar-refractivity contribution in [2.24, 2.45) is 0 Å². The van der Waals surface area contributed by atoms with Gasteiger partial charge in [-0.25, -0.2) is 0 Å². The number of likely N-dealkylation sites (tertiary alicyclic amines) is 1. The van der Waals surface area contributed by atoms with Crippen LogP contribution >= 0.6 is 0 Å². The summed E-state index contributed by atoms with van der Waals surface area (Å²) in [6.07, 6.45) is 7.80. The number of nitrogens with zero attached hydrogens (tertiary/aromatic N) is 1. The van der Waals surface area contributed by atoms with Crippen LogP contribution in [0.4, 0.5) is 0 Å². The fourth-order valence-corrected chi connectivity index (χ4v) is 2.45. The molecule has 0 bridgehead atoms. The molecule has 1 heterocycles. The maximum atomic E-state index is 11.9. The van der Waals surface area contributed by atoms with E-state index in [4.69, 9.17) is 0 Å². The molecule has 2 aliphatic rings. The molecule has 0 aromatic heterocycles. The molecule has 0 radical (unpaired) electrons. The molecule has 1 saturated carbocycles. The van der Waals surface area contributed by atoms with Gasteiger partial charge < -0.3 is 10.2 Å². The van der Waals surface area contributed by atoms with Crippen LogP contribution in [0.5, 0.6) is 0 Å². The zero-order valence-electron chi connectivity index (χ0n) is 12.0. The Balaban J connectivity index is 1.58. The summed E-state index contributed by atoms with van der Waals surface area (Å²) in [7, 11) is 0. The van der Waals surface area contributed by atoms with Gasteiger partial charge in [-0.1, -0.05) is 12.1 Å². The van der Waals surface area contributed by atoms with E-state index < -0.39 is 0 Å². The summed E-state index contributed by atoms with van der Waals surface area (Å²) < 4.78 is 0. The average Bonchev–Trinajstić information content (AvgIpc) is 3.15. The van der Waals surface area contributed by atoms with Crippen molar-refractivity contribution in [1.29, 1.82) is 0 Å².